The predicted molar refractivity (Wildman–Crippen MR) is 49.3 cm³/mol. The molecule has 2 nitrogen and oxygen atoms in total. The summed E-state index contributed by atoms with van der Waals surface area (Å²) in [7, 11) is 0. The van der Waals surface area contributed by atoms with Crippen LogP contribution in [0.3, 0.4) is 0 Å². The highest BCUT2D eigenvalue weighted by molar-refractivity contribution is 8.58. The fourth-order valence-electron chi connectivity index (χ4n) is 0.635. The summed E-state index contributed by atoms with van der Waals surface area (Å²) in [6.45, 7) is 1.45. The lowest BCUT2D eigenvalue weighted by Gasteiger charge is -2.07. The SMILES string of the molecule is CCCC[P+](O)(O)SCC. The van der Waals surface area contributed by atoms with Crippen LogP contribution in [0.5, 0.6) is 0 Å². The van der Waals surface area contributed by atoms with Crippen LogP contribution in [0.1, 0.15) is 26.7 Å². The van der Waals surface area contributed by atoms with Gasteiger partial charge in [-0.05, 0) is 6.42 Å². The Morgan fingerprint density at radius 3 is 2.30 bits per heavy atom. The van der Waals surface area contributed by atoms with Crippen molar-refractivity contribution in [1.82, 2.24) is 0 Å². The minimum absolute atomic E-state index is 0.585. The van der Waals surface area contributed by atoms with E-state index in [1.807, 2.05) is 6.92 Å². The molecular formula is C6H16O2PS+. The molecule has 10 heavy (non-hydrogen) atoms. The van der Waals surface area contributed by atoms with Gasteiger partial charge in [-0.25, -0.2) is 9.79 Å². The van der Waals surface area contributed by atoms with Gasteiger partial charge < -0.3 is 0 Å². The Morgan fingerprint density at radius 1 is 1.30 bits per heavy atom. The van der Waals surface area contributed by atoms with Gasteiger partial charge in [-0.1, -0.05) is 20.3 Å². The molecule has 0 bridgehead atoms. The molecule has 0 spiro atoms. The minimum Gasteiger partial charge on any atom is -0.208 e. The number of hydrogen-bond acceptors (Lipinski definition) is 3. The van der Waals surface area contributed by atoms with Gasteiger partial charge in [0.25, 0.3) is 0 Å². The molecule has 4 heteroatoms. The van der Waals surface area contributed by atoms with Crippen LogP contribution in [0.15, 0.2) is 0 Å². The van der Waals surface area contributed by atoms with E-state index in [0.717, 1.165) is 18.6 Å². The number of hydrogen-bond donors (Lipinski definition) is 2. The van der Waals surface area contributed by atoms with Crippen LogP contribution in [0.2, 0.25) is 0 Å². The van der Waals surface area contributed by atoms with E-state index in [-0.39, 0.29) is 0 Å². The monoisotopic (exact) mass is 183 g/mol. The molecular weight excluding hydrogens is 167 g/mol. The zero-order valence-corrected chi connectivity index (χ0v) is 8.29. The Kier molecular flexibility index (Phi) is 5.74. The lowest BCUT2D eigenvalue weighted by atomic mass is 10.4. The Morgan fingerprint density at radius 2 is 1.90 bits per heavy atom. The third-order valence-corrected chi connectivity index (χ3v) is 5.27. The summed E-state index contributed by atoms with van der Waals surface area (Å²) in [4.78, 5) is 18.6. The summed E-state index contributed by atoms with van der Waals surface area (Å²) in [5, 5.41) is 0. The van der Waals surface area contributed by atoms with Crippen molar-refractivity contribution >= 4 is 18.3 Å². The molecule has 0 aromatic rings. The van der Waals surface area contributed by atoms with Crippen molar-refractivity contribution in [2.75, 3.05) is 11.9 Å². The van der Waals surface area contributed by atoms with Crippen LogP contribution >= 0.6 is 18.3 Å². The second-order valence-electron chi connectivity index (χ2n) is 2.16. The minimum atomic E-state index is -2.54. The van der Waals surface area contributed by atoms with E-state index in [1.165, 1.54) is 11.4 Å². The standard InChI is InChI=1S/C6H16O2PS/c1-3-5-6-9(7,8)10-4-2/h7-8H,3-6H2,1-2H3/q+1. The quantitative estimate of drug-likeness (QED) is 0.642. The molecule has 0 radical (unpaired) electrons. The highest BCUT2D eigenvalue weighted by atomic mass is 32.7. The van der Waals surface area contributed by atoms with Crippen molar-refractivity contribution in [3.05, 3.63) is 0 Å². The largest absolute Gasteiger partial charge is 0.326 e. The van der Waals surface area contributed by atoms with Crippen LogP contribution in [-0.2, 0) is 0 Å². The highest BCUT2D eigenvalue weighted by Crippen LogP contribution is 2.62. The smallest absolute Gasteiger partial charge is 0.208 e. The van der Waals surface area contributed by atoms with Crippen molar-refractivity contribution in [1.29, 1.82) is 0 Å². The molecule has 0 heterocycles. The molecule has 62 valence electrons. The van der Waals surface area contributed by atoms with Gasteiger partial charge in [0.1, 0.15) is 6.16 Å². The maximum absolute atomic E-state index is 9.28. The molecule has 0 atom stereocenters. The molecule has 0 aromatic carbocycles. The molecule has 2 N–H and O–H groups in total. The lowest BCUT2D eigenvalue weighted by molar-refractivity contribution is 0.471. The van der Waals surface area contributed by atoms with E-state index in [9.17, 15) is 9.79 Å². The molecule has 0 aliphatic heterocycles. The Hall–Kier alpha value is 0.700. The maximum Gasteiger partial charge on any atom is 0.326 e. The topological polar surface area (TPSA) is 40.5 Å². The van der Waals surface area contributed by atoms with Gasteiger partial charge >= 0.3 is 6.92 Å². The molecule has 0 fully saturated rings. The fraction of sp³-hybridized carbons (Fsp3) is 1.00. The van der Waals surface area contributed by atoms with Gasteiger partial charge in [-0.3, -0.25) is 0 Å². The zero-order valence-electron chi connectivity index (χ0n) is 6.58. The first-order chi connectivity index (χ1) is 4.62. The normalized spacial score (nSPS) is 12.0. The van der Waals surface area contributed by atoms with E-state index in [1.54, 1.807) is 0 Å². The van der Waals surface area contributed by atoms with Crippen LogP contribution in [0.4, 0.5) is 0 Å². The molecule has 0 unspecified atom stereocenters. The second-order valence-corrected chi connectivity index (χ2v) is 7.30. The first kappa shape index (κ1) is 10.7. The van der Waals surface area contributed by atoms with Crippen LogP contribution in [0.25, 0.3) is 0 Å². The maximum atomic E-state index is 9.28. The second kappa shape index (κ2) is 5.36. The van der Waals surface area contributed by atoms with Crippen LogP contribution in [0, 0.1) is 0 Å². The van der Waals surface area contributed by atoms with Crippen molar-refractivity contribution in [3.8, 4) is 0 Å². The predicted octanol–water partition coefficient (Wildman–Crippen LogP) is 2.29. The number of unbranched alkanes of at least 4 members (excludes halogenated alkanes) is 1. The van der Waals surface area contributed by atoms with Crippen LogP contribution in [-0.4, -0.2) is 21.7 Å². The van der Waals surface area contributed by atoms with Crippen molar-refractivity contribution in [2.24, 2.45) is 0 Å². The van der Waals surface area contributed by atoms with Crippen molar-refractivity contribution in [2.45, 2.75) is 26.7 Å². The van der Waals surface area contributed by atoms with Gasteiger partial charge in [-0.2, -0.15) is 0 Å². The van der Waals surface area contributed by atoms with Gasteiger partial charge in [0.2, 0.25) is 0 Å². The summed E-state index contributed by atoms with van der Waals surface area (Å²) >= 11 is 1.30. The average Bonchev–Trinajstić information content (AvgIpc) is 1.84. The molecule has 0 rings (SSSR count). The lowest BCUT2D eigenvalue weighted by Crippen LogP contribution is -1.92. The fourth-order valence-corrected chi connectivity index (χ4v) is 3.92. The third-order valence-electron chi connectivity index (χ3n) is 1.14. The molecule has 0 aliphatic rings. The Balaban J connectivity index is 3.42. The average molecular weight is 183 g/mol. The zero-order chi connectivity index (χ0) is 8.04. The highest BCUT2D eigenvalue weighted by Gasteiger charge is 2.32. The third kappa shape index (κ3) is 5.48. The molecule has 0 aliphatic carbocycles. The van der Waals surface area contributed by atoms with Gasteiger partial charge in [-0.15, -0.1) is 0 Å². The first-order valence-electron chi connectivity index (χ1n) is 3.60. The summed E-state index contributed by atoms with van der Waals surface area (Å²) in [5.41, 5.74) is 0. The first-order valence-corrected chi connectivity index (χ1v) is 7.07. The van der Waals surface area contributed by atoms with E-state index >= 15 is 0 Å². The van der Waals surface area contributed by atoms with E-state index < -0.39 is 6.92 Å². The van der Waals surface area contributed by atoms with E-state index in [0.29, 0.717) is 6.16 Å². The molecule has 0 aromatic heterocycles. The van der Waals surface area contributed by atoms with Crippen molar-refractivity contribution in [3.63, 3.8) is 0 Å². The van der Waals surface area contributed by atoms with E-state index in [4.69, 9.17) is 0 Å². The molecule has 0 saturated carbocycles. The molecule has 0 amide bonds. The van der Waals surface area contributed by atoms with Gasteiger partial charge in [0.05, 0.1) is 11.4 Å². The van der Waals surface area contributed by atoms with Gasteiger partial charge in [0, 0.05) is 5.75 Å². The van der Waals surface area contributed by atoms with E-state index in [2.05, 4.69) is 6.92 Å². The van der Waals surface area contributed by atoms with Crippen molar-refractivity contribution < 1.29 is 9.79 Å². The Labute approximate surface area is 67.3 Å². The summed E-state index contributed by atoms with van der Waals surface area (Å²) in [5.74, 6) is 0.796. The summed E-state index contributed by atoms with van der Waals surface area (Å²) < 4.78 is 0. The summed E-state index contributed by atoms with van der Waals surface area (Å²) in [6, 6.07) is 0. The van der Waals surface area contributed by atoms with Crippen LogP contribution < -0.4 is 0 Å². The number of rotatable bonds is 5. The molecule has 0 saturated heterocycles. The summed E-state index contributed by atoms with van der Waals surface area (Å²) in [6.07, 6.45) is 2.54. The Bertz CT molecular complexity index is 87.8. The van der Waals surface area contributed by atoms with Gasteiger partial charge in [0.15, 0.2) is 0 Å².